The predicted molar refractivity (Wildman–Crippen MR) is 76.9 cm³/mol. The summed E-state index contributed by atoms with van der Waals surface area (Å²) in [6.45, 7) is 0.816. The second-order valence-corrected chi connectivity index (χ2v) is 5.23. The second-order valence-electron chi connectivity index (χ2n) is 5.23. The van der Waals surface area contributed by atoms with Crippen molar-refractivity contribution in [2.75, 3.05) is 11.9 Å². The molecule has 5 heteroatoms. The molecular formula is C15H17N3O2. The first kappa shape index (κ1) is 12.8. The van der Waals surface area contributed by atoms with Gasteiger partial charge in [-0.3, -0.25) is 0 Å². The highest BCUT2D eigenvalue weighted by Crippen LogP contribution is 2.33. The second kappa shape index (κ2) is 5.45. The molecule has 20 heavy (non-hydrogen) atoms. The zero-order valence-corrected chi connectivity index (χ0v) is 11.2. The van der Waals surface area contributed by atoms with E-state index in [1.54, 1.807) is 6.07 Å². The van der Waals surface area contributed by atoms with E-state index in [1.165, 1.54) is 19.3 Å². The molecule has 1 aliphatic carbocycles. The molecule has 1 saturated carbocycles. The molecule has 0 saturated heterocycles. The first-order valence-corrected chi connectivity index (χ1v) is 6.98. The van der Waals surface area contributed by atoms with Gasteiger partial charge in [0.25, 0.3) is 0 Å². The summed E-state index contributed by atoms with van der Waals surface area (Å²) in [4.78, 5) is 19.2. The standard InChI is InChI=1S/C15H17N3O2/c19-15(20)14-17-12-6-2-1-5-11(12)13(18-14)16-9-3-4-10-7-8-10/h1-2,5-6,10H,3-4,7-9H2,(H,19,20)(H,16,17,18). The van der Waals surface area contributed by atoms with Gasteiger partial charge in [0.15, 0.2) is 0 Å². The van der Waals surface area contributed by atoms with Crippen molar-refractivity contribution in [1.82, 2.24) is 9.97 Å². The number of benzene rings is 1. The average Bonchev–Trinajstić information content (AvgIpc) is 3.27. The van der Waals surface area contributed by atoms with Gasteiger partial charge in [0, 0.05) is 11.9 Å². The molecule has 0 aliphatic heterocycles. The number of hydrogen-bond acceptors (Lipinski definition) is 4. The van der Waals surface area contributed by atoms with Gasteiger partial charge in [0.1, 0.15) is 5.82 Å². The van der Waals surface area contributed by atoms with Crippen molar-refractivity contribution in [2.45, 2.75) is 25.7 Å². The van der Waals surface area contributed by atoms with Gasteiger partial charge in [-0.1, -0.05) is 25.0 Å². The van der Waals surface area contributed by atoms with Crippen LogP contribution in [0.1, 0.15) is 36.3 Å². The minimum Gasteiger partial charge on any atom is -0.475 e. The summed E-state index contributed by atoms with van der Waals surface area (Å²) in [5, 5.41) is 13.2. The third kappa shape index (κ3) is 2.87. The smallest absolute Gasteiger partial charge is 0.374 e. The fourth-order valence-electron chi connectivity index (χ4n) is 2.31. The molecule has 0 radical (unpaired) electrons. The molecule has 1 aromatic carbocycles. The van der Waals surface area contributed by atoms with E-state index in [2.05, 4.69) is 15.3 Å². The highest BCUT2D eigenvalue weighted by Gasteiger charge is 2.20. The van der Waals surface area contributed by atoms with E-state index >= 15 is 0 Å². The molecule has 1 fully saturated rings. The summed E-state index contributed by atoms with van der Waals surface area (Å²) < 4.78 is 0. The third-order valence-corrected chi connectivity index (χ3v) is 3.57. The Morgan fingerprint density at radius 2 is 2.10 bits per heavy atom. The molecular weight excluding hydrogens is 254 g/mol. The van der Waals surface area contributed by atoms with Crippen LogP contribution in [-0.4, -0.2) is 27.6 Å². The van der Waals surface area contributed by atoms with Crippen molar-refractivity contribution in [3.63, 3.8) is 0 Å². The van der Waals surface area contributed by atoms with Gasteiger partial charge in [-0.05, 0) is 30.9 Å². The van der Waals surface area contributed by atoms with E-state index in [0.29, 0.717) is 11.3 Å². The Morgan fingerprint density at radius 1 is 1.30 bits per heavy atom. The summed E-state index contributed by atoms with van der Waals surface area (Å²) >= 11 is 0. The predicted octanol–water partition coefficient (Wildman–Crippen LogP) is 2.93. The number of anilines is 1. The average molecular weight is 271 g/mol. The number of carboxylic acid groups (broad SMARTS) is 1. The molecule has 1 aromatic heterocycles. The Kier molecular flexibility index (Phi) is 3.50. The number of aromatic nitrogens is 2. The molecule has 1 aliphatic rings. The van der Waals surface area contributed by atoms with Crippen LogP contribution in [0.25, 0.3) is 10.9 Å². The third-order valence-electron chi connectivity index (χ3n) is 3.57. The number of carboxylic acids is 1. The van der Waals surface area contributed by atoms with E-state index < -0.39 is 5.97 Å². The largest absolute Gasteiger partial charge is 0.475 e. The minimum atomic E-state index is -1.10. The van der Waals surface area contributed by atoms with Crippen LogP contribution in [0.2, 0.25) is 0 Å². The van der Waals surface area contributed by atoms with Gasteiger partial charge in [-0.25, -0.2) is 14.8 Å². The first-order chi connectivity index (χ1) is 9.74. The van der Waals surface area contributed by atoms with Crippen molar-refractivity contribution >= 4 is 22.7 Å². The molecule has 2 N–H and O–H groups in total. The Balaban J connectivity index is 1.80. The summed E-state index contributed by atoms with van der Waals surface area (Å²) in [5.74, 6) is 0.266. The summed E-state index contributed by atoms with van der Waals surface area (Å²) in [6, 6.07) is 7.46. The van der Waals surface area contributed by atoms with E-state index in [0.717, 1.165) is 24.3 Å². The van der Waals surface area contributed by atoms with Gasteiger partial charge in [0.2, 0.25) is 5.82 Å². The van der Waals surface area contributed by atoms with Crippen LogP contribution in [-0.2, 0) is 0 Å². The number of nitrogens with zero attached hydrogens (tertiary/aromatic N) is 2. The normalized spacial score (nSPS) is 14.4. The van der Waals surface area contributed by atoms with Crippen LogP contribution >= 0.6 is 0 Å². The summed E-state index contributed by atoms with van der Waals surface area (Å²) in [7, 11) is 0. The lowest BCUT2D eigenvalue weighted by Gasteiger charge is -2.09. The number of fused-ring (bicyclic) bond motifs is 1. The van der Waals surface area contributed by atoms with Crippen LogP contribution in [0.5, 0.6) is 0 Å². The van der Waals surface area contributed by atoms with E-state index in [9.17, 15) is 4.79 Å². The first-order valence-electron chi connectivity index (χ1n) is 6.98. The molecule has 0 bridgehead atoms. The zero-order chi connectivity index (χ0) is 13.9. The molecule has 3 rings (SSSR count). The van der Waals surface area contributed by atoms with E-state index in [1.807, 2.05) is 18.2 Å². The molecule has 0 unspecified atom stereocenters. The van der Waals surface area contributed by atoms with Crippen molar-refractivity contribution < 1.29 is 9.90 Å². The number of hydrogen-bond donors (Lipinski definition) is 2. The molecule has 2 aromatic rings. The Morgan fingerprint density at radius 3 is 2.85 bits per heavy atom. The zero-order valence-electron chi connectivity index (χ0n) is 11.2. The molecule has 0 amide bonds. The van der Waals surface area contributed by atoms with Crippen LogP contribution < -0.4 is 5.32 Å². The number of carbonyl (C=O) groups is 1. The number of rotatable bonds is 6. The van der Waals surface area contributed by atoms with E-state index in [-0.39, 0.29) is 5.82 Å². The monoisotopic (exact) mass is 271 g/mol. The van der Waals surface area contributed by atoms with Crippen molar-refractivity contribution in [3.05, 3.63) is 30.1 Å². The Hall–Kier alpha value is -2.17. The maximum absolute atomic E-state index is 11.1. The maximum atomic E-state index is 11.1. The van der Waals surface area contributed by atoms with Gasteiger partial charge in [0.05, 0.1) is 5.52 Å². The molecule has 104 valence electrons. The number of para-hydroxylation sites is 1. The van der Waals surface area contributed by atoms with Crippen LogP contribution in [0.15, 0.2) is 24.3 Å². The van der Waals surface area contributed by atoms with Crippen molar-refractivity contribution in [1.29, 1.82) is 0 Å². The van der Waals surface area contributed by atoms with Crippen molar-refractivity contribution in [2.24, 2.45) is 5.92 Å². The maximum Gasteiger partial charge on any atom is 0.374 e. The van der Waals surface area contributed by atoms with Crippen LogP contribution in [0, 0.1) is 5.92 Å². The topological polar surface area (TPSA) is 75.1 Å². The van der Waals surface area contributed by atoms with Crippen LogP contribution in [0.3, 0.4) is 0 Å². The molecule has 0 spiro atoms. The van der Waals surface area contributed by atoms with Gasteiger partial charge < -0.3 is 10.4 Å². The van der Waals surface area contributed by atoms with Gasteiger partial charge in [-0.15, -0.1) is 0 Å². The fourth-order valence-corrected chi connectivity index (χ4v) is 2.31. The highest BCUT2D eigenvalue weighted by molar-refractivity contribution is 5.93. The lowest BCUT2D eigenvalue weighted by molar-refractivity contribution is 0.0684. The summed E-state index contributed by atoms with van der Waals surface area (Å²) in [6.07, 6.45) is 5.05. The molecule has 1 heterocycles. The lowest BCUT2D eigenvalue weighted by atomic mass is 10.2. The Labute approximate surface area is 117 Å². The fraction of sp³-hybridized carbons (Fsp3) is 0.400. The SMILES string of the molecule is O=C(O)c1nc(NCCCC2CC2)c2ccccc2n1. The highest BCUT2D eigenvalue weighted by atomic mass is 16.4. The van der Waals surface area contributed by atoms with Gasteiger partial charge >= 0.3 is 5.97 Å². The quantitative estimate of drug-likeness (QED) is 0.790. The van der Waals surface area contributed by atoms with Crippen LogP contribution in [0.4, 0.5) is 5.82 Å². The number of aromatic carboxylic acids is 1. The summed E-state index contributed by atoms with van der Waals surface area (Å²) in [5.41, 5.74) is 0.657. The lowest BCUT2D eigenvalue weighted by Crippen LogP contribution is -2.10. The number of nitrogens with one attached hydrogen (secondary N) is 1. The van der Waals surface area contributed by atoms with Crippen molar-refractivity contribution in [3.8, 4) is 0 Å². The van der Waals surface area contributed by atoms with E-state index in [4.69, 9.17) is 5.11 Å². The minimum absolute atomic E-state index is 0.159. The molecule has 0 atom stereocenters. The van der Waals surface area contributed by atoms with Gasteiger partial charge in [-0.2, -0.15) is 0 Å². The Bertz CT molecular complexity index is 638. The molecule has 5 nitrogen and oxygen atoms in total.